The number of carbonyl (C=O) groups is 1. The van der Waals surface area contributed by atoms with E-state index in [4.69, 9.17) is 33.2 Å². The van der Waals surface area contributed by atoms with E-state index in [2.05, 4.69) is 66.4 Å². The van der Waals surface area contributed by atoms with Crippen LogP contribution in [0.4, 0.5) is 0 Å². The molecule has 10 heteroatoms. The van der Waals surface area contributed by atoms with Crippen LogP contribution in [0.2, 0.25) is 0 Å². The number of hydrogen-bond acceptors (Lipinski definition) is 10. The van der Waals surface area contributed by atoms with Gasteiger partial charge in [0.25, 0.3) is 0 Å². The molecule has 0 saturated heterocycles. The molecule has 10 nitrogen and oxygen atoms in total. The van der Waals surface area contributed by atoms with E-state index < -0.39 is 0 Å². The van der Waals surface area contributed by atoms with Crippen molar-refractivity contribution < 1.29 is 38.0 Å². The molecule has 0 radical (unpaired) electrons. The summed E-state index contributed by atoms with van der Waals surface area (Å²) < 4.78 is 43.5. The molecule has 0 spiro atoms. The topological polar surface area (TPSA) is 88.2 Å². The summed E-state index contributed by atoms with van der Waals surface area (Å²) in [5.41, 5.74) is 7.68. The summed E-state index contributed by atoms with van der Waals surface area (Å²) in [6, 6.07) is 28.3. The first-order valence-corrected chi connectivity index (χ1v) is 20.5. The van der Waals surface area contributed by atoms with Crippen molar-refractivity contribution in [2.75, 3.05) is 62.2 Å². The average Bonchev–Trinajstić information content (AvgIpc) is 3.26. The van der Waals surface area contributed by atoms with E-state index in [1.165, 1.54) is 16.7 Å². The van der Waals surface area contributed by atoms with Gasteiger partial charge in [-0.3, -0.25) is 14.6 Å². The molecule has 2 unspecified atom stereocenters. The summed E-state index contributed by atoms with van der Waals surface area (Å²) in [4.78, 5) is 17.6. The number of hydrogen-bond donors (Lipinski definition) is 0. The van der Waals surface area contributed by atoms with Crippen LogP contribution in [0.1, 0.15) is 75.1 Å². The number of likely N-dealkylation sites (N-methyl/N-ethyl adjacent to an activating group) is 2. The van der Waals surface area contributed by atoms with Crippen LogP contribution in [0.15, 0.2) is 84.9 Å². The van der Waals surface area contributed by atoms with Gasteiger partial charge in [0.05, 0.1) is 35.0 Å². The lowest BCUT2D eigenvalue weighted by Gasteiger charge is -2.37. The minimum Gasteiger partial charge on any atom is -0.497 e. The highest BCUT2D eigenvalue weighted by Crippen LogP contribution is 2.52. The van der Waals surface area contributed by atoms with Crippen LogP contribution in [0.5, 0.6) is 51.7 Å². The van der Waals surface area contributed by atoms with Gasteiger partial charge in [-0.15, -0.1) is 0 Å². The second-order valence-electron chi connectivity index (χ2n) is 15.7. The van der Waals surface area contributed by atoms with Crippen LogP contribution in [-0.2, 0) is 25.7 Å². The number of fused-ring (bicyclic) bond motifs is 2. The molecule has 0 aliphatic carbocycles. The van der Waals surface area contributed by atoms with Crippen LogP contribution in [-0.4, -0.2) is 77.8 Å². The third kappa shape index (κ3) is 8.42. The standard InChI is InChI=1S/C49H54N2O8/c1-50-22-20-34-28-43(54-4)45-30-38(34)39(50)25-31-10-15-37(16-11-31)58-44-27-32(12-19-42(44)57-24-8-7-9-41(52)33-13-17-36(53-3)18-14-33)26-40-47-35(21-23-51(40)2)29-46(55-5)48(56-6)49(47)59-45/h10-19,27-30,39-40H,7-9,20-26H2,1-6H3. The normalized spacial score (nSPS) is 17.4. The highest BCUT2D eigenvalue weighted by molar-refractivity contribution is 5.96. The quantitative estimate of drug-likeness (QED) is 0.0952. The Hall–Kier alpha value is -5.71. The van der Waals surface area contributed by atoms with Gasteiger partial charge in [-0.25, -0.2) is 0 Å². The maximum atomic E-state index is 12.8. The number of methoxy groups -OCH3 is 4. The van der Waals surface area contributed by atoms with Gasteiger partial charge in [-0.05, 0) is 147 Å². The first kappa shape index (κ1) is 40.1. The van der Waals surface area contributed by atoms with Gasteiger partial charge in [-0.1, -0.05) is 18.2 Å². The molecule has 0 fully saturated rings. The van der Waals surface area contributed by atoms with Gasteiger partial charge < -0.3 is 33.2 Å². The molecule has 4 heterocycles. The van der Waals surface area contributed by atoms with Gasteiger partial charge in [0.15, 0.2) is 40.3 Å². The molecule has 0 aromatic heterocycles. The Morgan fingerprint density at radius 1 is 0.661 bits per heavy atom. The molecule has 2 atom stereocenters. The Morgan fingerprint density at radius 2 is 1.34 bits per heavy atom. The second-order valence-corrected chi connectivity index (χ2v) is 15.7. The van der Waals surface area contributed by atoms with Crippen molar-refractivity contribution in [1.29, 1.82) is 0 Å². The number of ether oxygens (including phenoxy) is 7. The molecule has 6 bridgehead atoms. The summed E-state index contributed by atoms with van der Waals surface area (Å²) >= 11 is 0. The third-order valence-corrected chi connectivity index (χ3v) is 12.1. The van der Waals surface area contributed by atoms with Crippen LogP contribution in [0.3, 0.4) is 0 Å². The van der Waals surface area contributed by atoms with Crippen molar-refractivity contribution in [3.05, 3.63) is 124 Å². The zero-order valence-corrected chi connectivity index (χ0v) is 35.0. The summed E-state index contributed by atoms with van der Waals surface area (Å²) in [6.45, 7) is 2.25. The first-order valence-electron chi connectivity index (χ1n) is 20.5. The van der Waals surface area contributed by atoms with Crippen molar-refractivity contribution in [3.8, 4) is 51.7 Å². The molecule has 0 saturated carbocycles. The van der Waals surface area contributed by atoms with Crippen molar-refractivity contribution in [3.63, 3.8) is 0 Å². The number of ketones is 1. The molecule has 5 aromatic rings. The Morgan fingerprint density at radius 3 is 2.07 bits per heavy atom. The lowest BCUT2D eigenvalue weighted by Crippen LogP contribution is -2.34. The van der Waals surface area contributed by atoms with E-state index in [0.29, 0.717) is 71.7 Å². The third-order valence-electron chi connectivity index (χ3n) is 12.1. The number of Topliss-reactive ketones (excluding diaryl/α,β-unsaturated/α-hetero) is 1. The smallest absolute Gasteiger partial charge is 0.204 e. The first-order chi connectivity index (χ1) is 28.8. The number of carbonyl (C=O) groups excluding carboxylic acids is 1. The highest BCUT2D eigenvalue weighted by atomic mass is 16.5. The fraction of sp³-hybridized carbons (Fsp3) is 0.367. The number of benzene rings is 5. The molecule has 0 amide bonds. The van der Waals surface area contributed by atoms with E-state index in [9.17, 15) is 4.79 Å². The fourth-order valence-corrected chi connectivity index (χ4v) is 8.72. The van der Waals surface area contributed by atoms with Crippen LogP contribution >= 0.6 is 0 Å². The minimum atomic E-state index is -0.0583. The Labute approximate surface area is 347 Å². The summed E-state index contributed by atoms with van der Waals surface area (Å²) in [6.07, 6.45) is 5.10. The highest BCUT2D eigenvalue weighted by Gasteiger charge is 2.35. The van der Waals surface area contributed by atoms with Crippen molar-refractivity contribution in [2.45, 2.75) is 57.0 Å². The van der Waals surface area contributed by atoms with Crippen LogP contribution in [0.25, 0.3) is 0 Å². The Kier molecular flexibility index (Phi) is 12.0. The van der Waals surface area contributed by atoms with Gasteiger partial charge in [0, 0.05) is 42.7 Å². The molecule has 59 heavy (non-hydrogen) atoms. The van der Waals surface area contributed by atoms with Crippen molar-refractivity contribution in [1.82, 2.24) is 9.80 Å². The summed E-state index contributed by atoms with van der Waals surface area (Å²) in [5, 5.41) is 0. The molecular weight excluding hydrogens is 745 g/mol. The number of rotatable bonds is 11. The van der Waals surface area contributed by atoms with Crippen molar-refractivity contribution >= 4 is 5.78 Å². The second kappa shape index (κ2) is 17.6. The summed E-state index contributed by atoms with van der Waals surface area (Å²) in [7, 11) is 11.0. The van der Waals surface area contributed by atoms with E-state index in [1.807, 2.05) is 42.5 Å². The predicted molar refractivity (Wildman–Crippen MR) is 228 cm³/mol. The lowest BCUT2D eigenvalue weighted by molar-refractivity contribution is 0.0977. The zero-order valence-electron chi connectivity index (χ0n) is 35.0. The van der Waals surface area contributed by atoms with E-state index in [-0.39, 0.29) is 17.9 Å². The van der Waals surface area contributed by atoms with Crippen molar-refractivity contribution in [2.24, 2.45) is 0 Å². The van der Waals surface area contributed by atoms with E-state index in [1.54, 1.807) is 28.4 Å². The molecular formula is C49H54N2O8. The largest absolute Gasteiger partial charge is 0.497 e. The van der Waals surface area contributed by atoms with E-state index in [0.717, 1.165) is 67.0 Å². The van der Waals surface area contributed by atoms with Gasteiger partial charge in [0.1, 0.15) is 11.5 Å². The van der Waals surface area contributed by atoms with E-state index >= 15 is 0 Å². The number of unbranched alkanes of at least 4 members (excludes halogenated alkanes) is 1. The molecule has 4 aliphatic heterocycles. The summed E-state index contributed by atoms with van der Waals surface area (Å²) in [5.74, 6) is 6.02. The predicted octanol–water partition coefficient (Wildman–Crippen LogP) is 9.59. The molecule has 9 rings (SSSR count). The van der Waals surface area contributed by atoms with Gasteiger partial charge >= 0.3 is 0 Å². The molecule has 0 N–H and O–H groups in total. The van der Waals surface area contributed by atoms with Crippen LogP contribution in [0, 0.1) is 0 Å². The van der Waals surface area contributed by atoms with Gasteiger partial charge in [0.2, 0.25) is 5.75 Å². The zero-order chi connectivity index (χ0) is 41.0. The van der Waals surface area contributed by atoms with Gasteiger partial charge in [-0.2, -0.15) is 0 Å². The molecule has 5 aromatic carbocycles. The molecule has 308 valence electrons. The maximum Gasteiger partial charge on any atom is 0.204 e. The maximum absolute atomic E-state index is 12.8. The lowest BCUT2D eigenvalue weighted by atomic mass is 9.87. The SMILES string of the molecule is COc1ccc(C(=O)CCCCOc2ccc3cc2Oc2ccc(cc2)CC2c4cc(c(OC)cc4CCN2C)Oc2c(OC)c(OC)cc4c2C(C3)N(C)CC4)cc1. The molecule has 4 aliphatic rings. The monoisotopic (exact) mass is 798 g/mol. The van der Waals surface area contributed by atoms with Crippen LogP contribution < -0.4 is 33.2 Å². The average molecular weight is 799 g/mol. The fourth-order valence-electron chi connectivity index (χ4n) is 8.72. The Balaban J connectivity index is 1.15. The Bertz CT molecular complexity index is 2290. The number of nitrogens with zero attached hydrogens (tertiary/aromatic N) is 2. The minimum absolute atomic E-state index is 0.0583.